The Labute approximate surface area is 113 Å². The standard InChI is InChI=1S/C14H20N4O/c1-3-4-9-15-12-7-5-11(6-8-12)13-10(2)16-14(19)18-17-13/h5-8,10,15H,3-4,9H2,1-2H3,(H2,16,18,19). The quantitative estimate of drug-likeness (QED) is 0.711. The van der Waals surface area contributed by atoms with Gasteiger partial charge in [-0.25, -0.2) is 10.2 Å². The van der Waals surface area contributed by atoms with E-state index >= 15 is 0 Å². The van der Waals surface area contributed by atoms with Gasteiger partial charge in [0, 0.05) is 17.8 Å². The molecule has 0 radical (unpaired) electrons. The van der Waals surface area contributed by atoms with Crippen LogP contribution >= 0.6 is 0 Å². The van der Waals surface area contributed by atoms with Crippen LogP contribution in [-0.2, 0) is 0 Å². The molecule has 0 saturated carbocycles. The molecule has 19 heavy (non-hydrogen) atoms. The van der Waals surface area contributed by atoms with Crippen LogP contribution < -0.4 is 16.1 Å². The monoisotopic (exact) mass is 260 g/mol. The van der Waals surface area contributed by atoms with E-state index in [0.29, 0.717) is 0 Å². The molecule has 1 aliphatic heterocycles. The molecule has 3 N–H and O–H groups in total. The average molecular weight is 260 g/mol. The first-order chi connectivity index (χ1) is 9.20. The van der Waals surface area contributed by atoms with Crippen LogP contribution in [0.3, 0.4) is 0 Å². The van der Waals surface area contributed by atoms with E-state index in [0.717, 1.165) is 23.5 Å². The van der Waals surface area contributed by atoms with E-state index in [1.54, 1.807) is 0 Å². The number of nitrogens with zero attached hydrogens (tertiary/aromatic N) is 1. The smallest absolute Gasteiger partial charge is 0.335 e. The van der Waals surface area contributed by atoms with E-state index in [-0.39, 0.29) is 12.1 Å². The van der Waals surface area contributed by atoms with Crippen molar-refractivity contribution in [3.8, 4) is 0 Å². The molecule has 1 atom stereocenters. The van der Waals surface area contributed by atoms with Gasteiger partial charge in [0.25, 0.3) is 0 Å². The molecule has 0 aliphatic carbocycles. The SMILES string of the molecule is CCCCNc1ccc(C2=NNC(=O)NC2C)cc1. The molecule has 1 aliphatic rings. The fraction of sp³-hybridized carbons (Fsp3) is 0.429. The Bertz CT molecular complexity index is 467. The number of anilines is 1. The van der Waals surface area contributed by atoms with Crippen molar-refractivity contribution in [3.05, 3.63) is 29.8 Å². The number of amides is 2. The first-order valence-corrected chi connectivity index (χ1v) is 6.69. The van der Waals surface area contributed by atoms with Crippen molar-refractivity contribution in [2.45, 2.75) is 32.7 Å². The minimum atomic E-state index is -0.255. The van der Waals surface area contributed by atoms with Crippen molar-refractivity contribution in [1.82, 2.24) is 10.7 Å². The Kier molecular flexibility index (Phi) is 4.39. The lowest BCUT2D eigenvalue weighted by molar-refractivity contribution is 0.239. The van der Waals surface area contributed by atoms with E-state index in [1.165, 1.54) is 12.8 Å². The van der Waals surface area contributed by atoms with Gasteiger partial charge < -0.3 is 10.6 Å². The highest BCUT2D eigenvalue weighted by atomic mass is 16.2. The van der Waals surface area contributed by atoms with Crippen LogP contribution in [0.2, 0.25) is 0 Å². The Balaban J connectivity index is 2.04. The first-order valence-electron chi connectivity index (χ1n) is 6.69. The summed E-state index contributed by atoms with van der Waals surface area (Å²) in [6.07, 6.45) is 2.35. The second-order valence-electron chi connectivity index (χ2n) is 4.66. The number of hydrazone groups is 1. The van der Waals surface area contributed by atoms with Gasteiger partial charge in [0.15, 0.2) is 0 Å². The minimum absolute atomic E-state index is 0.0762. The van der Waals surface area contributed by atoms with Crippen molar-refractivity contribution in [2.75, 3.05) is 11.9 Å². The largest absolute Gasteiger partial charge is 0.385 e. The zero-order chi connectivity index (χ0) is 13.7. The van der Waals surface area contributed by atoms with E-state index < -0.39 is 0 Å². The van der Waals surface area contributed by atoms with Crippen LogP contribution in [0.25, 0.3) is 0 Å². The van der Waals surface area contributed by atoms with Crippen LogP contribution in [0.5, 0.6) is 0 Å². The predicted molar refractivity (Wildman–Crippen MR) is 77.5 cm³/mol. The van der Waals surface area contributed by atoms with Crippen molar-refractivity contribution >= 4 is 17.4 Å². The van der Waals surface area contributed by atoms with Crippen LogP contribution in [0.1, 0.15) is 32.3 Å². The number of carbonyl (C=O) groups excluding carboxylic acids is 1. The van der Waals surface area contributed by atoms with Gasteiger partial charge in [-0.05, 0) is 25.5 Å². The van der Waals surface area contributed by atoms with Crippen LogP contribution in [0.4, 0.5) is 10.5 Å². The number of benzene rings is 1. The van der Waals surface area contributed by atoms with Gasteiger partial charge in [-0.15, -0.1) is 0 Å². The van der Waals surface area contributed by atoms with E-state index in [9.17, 15) is 4.79 Å². The number of hydrogen-bond donors (Lipinski definition) is 3. The number of unbranched alkanes of at least 4 members (excludes halogenated alkanes) is 1. The molecular weight excluding hydrogens is 240 g/mol. The molecule has 0 bridgehead atoms. The van der Waals surface area contributed by atoms with Gasteiger partial charge in [-0.3, -0.25) is 0 Å². The number of nitrogens with one attached hydrogen (secondary N) is 3. The summed E-state index contributed by atoms with van der Waals surface area (Å²) in [5.41, 5.74) is 5.41. The summed E-state index contributed by atoms with van der Waals surface area (Å²) in [4.78, 5) is 11.1. The molecule has 2 amide bonds. The normalized spacial score (nSPS) is 18.3. The maximum atomic E-state index is 11.1. The molecule has 2 rings (SSSR count). The zero-order valence-corrected chi connectivity index (χ0v) is 11.4. The third-order valence-corrected chi connectivity index (χ3v) is 3.08. The van der Waals surface area contributed by atoms with Gasteiger partial charge in [-0.1, -0.05) is 25.5 Å². The van der Waals surface area contributed by atoms with Crippen LogP contribution in [0, 0.1) is 0 Å². The van der Waals surface area contributed by atoms with Gasteiger partial charge in [0.05, 0.1) is 11.8 Å². The third kappa shape index (κ3) is 3.47. The lowest BCUT2D eigenvalue weighted by atomic mass is 10.0. The summed E-state index contributed by atoms with van der Waals surface area (Å²) in [6, 6.07) is 7.78. The summed E-state index contributed by atoms with van der Waals surface area (Å²) in [6.45, 7) is 5.09. The highest BCUT2D eigenvalue weighted by molar-refractivity contribution is 6.07. The Morgan fingerprint density at radius 1 is 1.32 bits per heavy atom. The van der Waals surface area contributed by atoms with Crippen LogP contribution in [-0.4, -0.2) is 24.3 Å². The Hall–Kier alpha value is -2.04. The molecule has 0 spiro atoms. The molecule has 102 valence electrons. The number of rotatable bonds is 5. The molecule has 1 aromatic carbocycles. The minimum Gasteiger partial charge on any atom is -0.385 e. The van der Waals surface area contributed by atoms with Gasteiger partial charge in [-0.2, -0.15) is 5.10 Å². The molecule has 0 saturated heterocycles. The number of carbonyl (C=O) groups is 1. The van der Waals surface area contributed by atoms with E-state index in [1.807, 2.05) is 31.2 Å². The fourth-order valence-electron chi connectivity index (χ4n) is 1.99. The molecule has 0 fully saturated rings. The molecule has 5 heteroatoms. The van der Waals surface area contributed by atoms with E-state index in [4.69, 9.17) is 0 Å². The second-order valence-corrected chi connectivity index (χ2v) is 4.66. The summed E-state index contributed by atoms with van der Waals surface area (Å²) in [5.74, 6) is 0. The van der Waals surface area contributed by atoms with Crippen LogP contribution in [0.15, 0.2) is 29.4 Å². The van der Waals surface area contributed by atoms with Gasteiger partial charge in [0.2, 0.25) is 0 Å². The lowest BCUT2D eigenvalue weighted by Gasteiger charge is -2.21. The van der Waals surface area contributed by atoms with Gasteiger partial charge in [0.1, 0.15) is 0 Å². The molecular formula is C14H20N4O. The maximum absolute atomic E-state index is 11.1. The molecule has 1 aromatic rings. The first kappa shape index (κ1) is 13.4. The molecule has 1 unspecified atom stereocenters. The van der Waals surface area contributed by atoms with E-state index in [2.05, 4.69) is 28.1 Å². The lowest BCUT2D eigenvalue weighted by Crippen LogP contribution is -2.48. The summed E-state index contributed by atoms with van der Waals surface area (Å²) < 4.78 is 0. The Morgan fingerprint density at radius 3 is 2.68 bits per heavy atom. The number of urea groups is 1. The van der Waals surface area contributed by atoms with Gasteiger partial charge >= 0.3 is 6.03 Å². The average Bonchev–Trinajstić information content (AvgIpc) is 2.40. The zero-order valence-electron chi connectivity index (χ0n) is 11.4. The topological polar surface area (TPSA) is 65.5 Å². The molecule has 0 aromatic heterocycles. The molecule has 1 heterocycles. The van der Waals surface area contributed by atoms with Crippen molar-refractivity contribution in [2.24, 2.45) is 5.10 Å². The summed E-state index contributed by atoms with van der Waals surface area (Å²) >= 11 is 0. The highest BCUT2D eigenvalue weighted by Crippen LogP contribution is 2.13. The van der Waals surface area contributed by atoms with Crippen molar-refractivity contribution in [1.29, 1.82) is 0 Å². The molecule has 5 nitrogen and oxygen atoms in total. The Morgan fingerprint density at radius 2 is 2.05 bits per heavy atom. The third-order valence-electron chi connectivity index (χ3n) is 3.08. The summed E-state index contributed by atoms with van der Waals surface area (Å²) in [5, 5.41) is 10.3. The van der Waals surface area contributed by atoms with Crippen molar-refractivity contribution in [3.63, 3.8) is 0 Å². The number of hydrogen-bond acceptors (Lipinski definition) is 3. The van der Waals surface area contributed by atoms with Crippen molar-refractivity contribution < 1.29 is 4.79 Å². The maximum Gasteiger partial charge on any atom is 0.335 e. The highest BCUT2D eigenvalue weighted by Gasteiger charge is 2.19. The predicted octanol–water partition coefficient (Wildman–Crippen LogP) is 2.30. The second kappa shape index (κ2) is 6.22. The fourth-order valence-corrected chi connectivity index (χ4v) is 1.99. The summed E-state index contributed by atoms with van der Waals surface area (Å²) in [7, 11) is 0.